The Morgan fingerprint density at radius 2 is 1.52 bits per heavy atom. The molecule has 0 amide bonds. The highest BCUT2D eigenvalue weighted by atomic mass is 16.6. The fraction of sp³-hybridized carbons (Fsp3) is 0.500. The number of benzene rings is 1. The summed E-state index contributed by atoms with van der Waals surface area (Å²) < 4.78 is 11.3. The van der Waals surface area contributed by atoms with Gasteiger partial charge in [-0.25, -0.2) is 0 Å². The fourth-order valence-electron chi connectivity index (χ4n) is 2.60. The Bertz CT molecular complexity index is 605. The Hall–Kier alpha value is -1.74. The van der Waals surface area contributed by atoms with E-state index in [1.165, 1.54) is 11.8 Å². The zero-order valence-electron chi connectivity index (χ0n) is 15.2. The van der Waals surface area contributed by atoms with E-state index in [1.54, 1.807) is 12.2 Å². The van der Waals surface area contributed by atoms with Crippen LogP contribution in [0.4, 0.5) is 0 Å². The van der Waals surface area contributed by atoms with Crippen molar-refractivity contribution in [1.29, 1.82) is 0 Å². The second-order valence-corrected chi connectivity index (χ2v) is 8.18. The quantitative estimate of drug-likeness (QED) is 0.858. The number of hydrogen-bond donors (Lipinski definition) is 1. The van der Waals surface area contributed by atoms with E-state index in [0.717, 1.165) is 16.9 Å². The maximum Gasteiger partial charge on any atom is 0.256 e. The molecule has 3 nitrogen and oxygen atoms in total. The minimum atomic E-state index is -1.07. The zero-order chi connectivity index (χ0) is 17.4. The molecule has 1 aromatic carbocycles. The molecule has 2 rings (SSSR count). The number of allylic oxidation sites excluding steroid dienone is 2. The molecule has 23 heavy (non-hydrogen) atoms. The van der Waals surface area contributed by atoms with Gasteiger partial charge in [0.2, 0.25) is 0 Å². The van der Waals surface area contributed by atoms with Crippen molar-refractivity contribution in [2.75, 3.05) is 0 Å². The van der Waals surface area contributed by atoms with E-state index in [9.17, 15) is 5.11 Å². The van der Waals surface area contributed by atoms with Crippen LogP contribution in [0, 0.1) is 6.92 Å². The lowest BCUT2D eigenvalue weighted by atomic mass is 9.78. The molecule has 1 heterocycles. The molecule has 0 saturated heterocycles. The van der Waals surface area contributed by atoms with E-state index in [0.29, 0.717) is 5.76 Å². The predicted molar refractivity (Wildman–Crippen MR) is 93.5 cm³/mol. The maximum absolute atomic E-state index is 10.0. The van der Waals surface area contributed by atoms with Gasteiger partial charge in [-0.2, -0.15) is 0 Å². The summed E-state index contributed by atoms with van der Waals surface area (Å²) in [6.45, 7) is 15.1. The summed E-state index contributed by atoms with van der Waals surface area (Å²) in [4.78, 5) is 0. The van der Waals surface area contributed by atoms with Crippen molar-refractivity contribution >= 4 is 0 Å². The Kier molecular flexibility index (Phi) is 4.63. The van der Waals surface area contributed by atoms with Gasteiger partial charge in [0.1, 0.15) is 5.75 Å². The van der Waals surface area contributed by atoms with Gasteiger partial charge >= 0.3 is 0 Å². The first kappa shape index (κ1) is 17.6. The lowest BCUT2D eigenvalue weighted by Crippen LogP contribution is -2.24. The molecule has 1 aliphatic heterocycles. The molecule has 1 atom stereocenters. The molecule has 126 valence electrons. The zero-order valence-corrected chi connectivity index (χ0v) is 15.2. The molecular weight excluding hydrogens is 288 g/mol. The fourth-order valence-corrected chi connectivity index (χ4v) is 2.60. The molecule has 1 aliphatic rings. The first-order valence-corrected chi connectivity index (χ1v) is 8.04. The molecule has 0 fully saturated rings. The van der Waals surface area contributed by atoms with Crippen molar-refractivity contribution in [3.8, 4) is 5.75 Å². The molecule has 3 heteroatoms. The Morgan fingerprint density at radius 1 is 1.00 bits per heavy atom. The summed E-state index contributed by atoms with van der Waals surface area (Å²) in [6.07, 6.45) is 3.86. The van der Waals surface area contributed by atoms with Gasteiger partial charge in [-0.05, 0) is 29.9 Å². The van der Waals surface area contributed by atoms with Crippen LogP contribution >= 0.6 is 0 Å². The highest BCUT2D eigenvalue weighted by Gasteiger charge is 2.29. The van der Waals surface area contributed by atoms with Gasteiger partial charge in [-0.15, -0.1) is 0 Å². The van der Waals surface area contributed by atoms with Crippen LogP contribution in [0.3, 0.4) is 0 Å². The molecule has 1 aromatic rings. The summed E-state index contributed by atoms with van der Waals surface area (Å²) in [5.41, 5.74) is 3.33. The molecule has 1 N–H and O–H groups in total. The van der Waals surface area contributed by atoms with E-state index in [-0.39, 0.29) is 10.8 Å². The summed E-state index contributed by atoms with van der Waals surface area (Å²) in [5, 5.41) is 10.0. The number of aryl methyl sites for hydroxylation is 1. The number of aliphatic hydroxyl groups is 1. The number of aliphatic hydroxyl groups excluding tert-OH is 1. The highest BCUT2D eigenvalue weighted by molar-refractivity contribution is 5.51. The average molecular weight is 316 g/mol. The Labute approximate surface area is 139 Å². The van der Waals surface area contributed by atoms with Gasteiger partial charge in [-0.3, -0.25) is 0 Å². The summed E-state index contributed by atoms with van der Waals surface area (Å²) in [6, 6.07) is 4.33. The molecule has 0 saturated carbocycles. The van der Waals surface area contributed by atoms with Crippen LogP contribution < -0.4 is 4.74 Å². The van der Waals surface area contributed by atoms with Gasteiger partial charge < -0.3 is 14.6 Å². The summed E-state index contributed by atoms with van der Waals surface area (Å²) in [5.74, 6) is 1.23. The van der Waals surface area contributed by atoms with Crippen LogP contribution in [0.5, 0.6) is 5.75 Å². The van der Waals surface area contributed by atoms with Gasteiger partial charge in [0.15, 0.2) is 5.76 Å². The van der Waals surface area contributed by atoms with Gasteiger partial charge in [0.25, 0.3) is 6.29 Å². The van der Waals surface area contributed by atoms with Crippen molar-refractivity contribution in [3.05, 3.63) is 53.0 Å². The predicted octanol–water partition coefficient (Wildman–Crippen LogP) is 4.72. The van der Waals surface area contributed by atoms with E-state index < -0.39 is 6.29 Å². The summed E-state index contributed by atoms with van der Waals surface area (Å²) >= 11 is 0. The van der Waals surface area contributed by atoms with Crippen LogP contribution in [0.1, 0.15) is 58.2 Å². The second kappa shape index (κ2) is 6.04. The molecule has 1 unspecified atom stereocenters. The standard InChI is InChI=1S/C20H28O3/c1-13-11-14(19(2,3)4)17(15(12-13)20(5,6)7)23-16-9-8-10-22-18(16)21/h8-12,18,21H,1-7H3. The monoisotopic (exact) mass is 316 g/mol. The SMILES string of the molecule is Cc1cc(C(C)(C)C)c(OC2=CC=COC2O)c(C(C)(C)C)c1. The van der Waals surface area contributed by atoms with Crippen LogP contribution in [0.2, 0.25) is 0 Å². The molecule has 0 radical (unpaired) electrons. The normalized spacial score (nSPS) is 18.4. The van der Waals surface area contributed by atoms with E-state index in [1.807, 2.05) is 0 Å². The second-order valence-electron chi connectivity index (χ2n) is 8.18. The third-order valence-corrected chi connectivity index (χ3v) is 3.86. The van der Waals surface area contributed by atoms with Gasteiger partial charge in [0.05, 0.1) is 6.26 Å². The first-order valence-electron chi connectivity index (χ1n) is 8.04. The van der Waals surface area contributed by atoms with Crippen LogP contribution in [0.15, 0.2) is 36.3 Å². The van der Waals surface area contributed by atoms with Gasteiger partial charge in [-0.1, -0.05) is 59.2 Å². The first-order chi connectivity index (χ1) is 10.5. The smallest absolute Gasteiger partial charge is 0.256 e. The number of hydrogen-bond acceptors (Lipinski definition) is 3. The third-order valence-electron chi connectivity index (χ3n) is 3.86. The molecule has 0 bridgehead atoms. The highest BCUT2D eigenvalue weighted by Crippen LogP contribution is 2.41. The third kappa shape index (κ3) is 3.97. The van der Waals surface area contributed by atoms with Gasteiger partial charge in [0, 0.05) is 11.1 Å². The largest absolute Gasteiger partial charge is 0.465 e. The summed E-state index contributed by atoms with van der Waals surface area (Å²) in [7, 11) is 0. The van der Waals surface area contributed by atoms with Crippen LogP contribution in [0.25, 0.3) is 0 Å². The van der Waals surface area contributed by atoms with E-state index in [4.69, 9.17) is 9.47 Å². The molecule has 0 aliphatic carbocycles. The Balaban J connectivity index is 2.63. The molecule has 0 aromatic heterocycles. The topological polar surface area (TPSA) is 38.7 Å². The van der Waals surface area contributed by atoms with Crippen molar-refractivity contribution in [3.63, 3.8) is 0 Å². The van der Waals surface area contributed by atoms with Crippen molar-refractivity contribution < 1.29 is 14.6 Å². The Morgan fingerprint density at radius 3 is 1.96 bits per heavy atom. The lowest BCUT2D eigenvalue weighted by Gasteiger charge is -2.31. The van der Waals surface area contributed by atoms with E-state index >= 15 is 0 Å². The maximum atomic E-state index is 10.0. The van der Waals surface area contributed by atoms with Crippen molar-refractivity contribution in [2.45, 2.75) is 65.6 Å². The minimum Gasteiger partial charge on any atom is -0.465 e. The molecule has 0 spiro atoms. The number of rotatable bonds is 2. The van der Waals surface area contributed by atoms with Crippen molar-refractivity contribution in [2.24, 2.45) is 0 Å². The van der Waals surface area contributed by atoms with E-state index in [2.05, 4.69) is 60.6 Å². The van der Waals surface area contributed by atoms with Crippen LogP contribution in [-0.2, 0) is 15.6 Å². The minimum absolute atomic E-state index is 0.0712. The lowest BCUT2D eigenvalue weighted by molar-refractivity contribution is -0.0470. The van der Waals surface area contributed by atoms with Crippen LogP contribution in [-0.4, -0.2) is 11.4 Å². The molecular formula is C20H28O3. The number of ether oxygens (including phenoxy) is 2. The van der Waals surface area contributed by atoms with Crippen molar-refractivity contribution in [1.82, 2.24) is 0 Å². The average Bonchev–Trinajstić information content (AvgIpc) is 2.40.